The molecule has 0 bridgehead atoms. The third kappa shape index (κ3) is 18.2. The van der Waals surface area contributed by atoms with Gasteiger partial charge < -0.3 is 6.15 Å². The third-order valence-corrected chi connectivity index (χ3v) is 0. The van der Waals surface area contributed by atoms with Gasteiger partial charge in [-0.15, -0.1) is 0 Å². The van der Waals surface area contributed by atoms with Gasteiger partial charge in [-0.05, 0) is 0 Å². The van der Waals surface area contributed by atoms with Crippen molar-refractivity contribution in [3.05, 3.63) is 0 Å². The van der Waals surface area contributed by atoms with Gasteiger partial charge in [0.15, 0.2) is 0 Å². The summed E-state index contributed by atoms with van der Waals surface area (Å²) in [7, 11) is 0. The van der Waals surface area contributed by atoms with Crippen LogP contribution in [0.2, 0.25) is 0 Å². The van der Waals surface area contributed by atoms with E-state index in [0.717, 1.165) is 0 Å². The van der Waals surface area contributed by atoms with Crippen LogP contribution in [0.15, 0.2) is 0 Å². The second-order valence-corrected chi connectivity index (χ2v) is 0. The molecule has 1 nitrogen and oxygen atoms in total. The Bertz CT molecular complexity index is 8.00. The van der Waals surface area contributed by atoms with E-state index in [9.17, 15) is 0 Å². The molecule has 0 aromatic carbocycles. The molecule has 0 aromatic rings. The summed E-state index contributed by atoms with van der Waals surface area (Å²) in [6.07, 6.45) is 0. The molecule has 0 rings (SSSR count). The zero-order valence-electron chi connectivity index (χ0n) is 1.15. The third-order valence-electron chi connectivity index (χ3n) is 0. The second-order valence-electron chi connectivity index (χ2n) is 0. The minimum Gasteiger partial charge on any atom is -0.344 e. The van der Waals surface area contributed by atoms with Crippen LogP contribution in [0.5, 0.6) is 0 Å². The van der Waals surface area contributed by atoms with Crippen molar-refractivity contribution in [2.75, 3.05) is 0 Å². The quantitative estimate of drug-likeness (QED) is 0.411. The molecule has 0 spiro atoms. The molecule has 0 heterocycles. The van der Waals surface area contributed by atoms with Gasteiger partial charge in [-0.25, -0.2) is 0 Å². The second kappa shape index (κ2) is 66.2. The Hall–Kier alpha value is 0.609. The van der Waals surface area contributed by atoms with Crippen molar-refractivity contribution in [1.82, 2.24) is 6.15 Å². The Kier molecular flexibility index (Phi) is 2680. The van der Waals surface area contributed by atoms with Crippen molar-refractivity contribution >= 4 is 8.41 Å². The van der Waals surface area contributed by atoms with E-state index >= 15 is 0 Å². The van der Waals surface area contributed by atoms with E-state index < -0.39 is 0 Å². The van der Waals surface area contributed by atoms with E-state index in [2.05, 4.69) is 0 Å². The average Bonchev–Trinajstić information content (AvgIpc) is 0. The maximum Gasteiger partial charge on any atom is 0.0814 e. The van der Waals surface area contributed by atoms with Crippen molar-refractivity contribution in [3.8, 4) is 0 Å². The Morgan fingerprint density at radius 3 is 1.00 bits per heavy atom. The van der Waals surface area contributed by atoms with Crippen LogP contribution in [0.3, 0.4) is 0 Å². The molecule has 0 fully saturated rings. The van der Waals surface area contributed by atoms with E-state index in [1.54, 1.807) is 0 Å². The van der Waals surface area contributed by atoms with E-state index in [-0.39, 0.29) is 40.5 Å². The molecule has 4 heavy (non-hydrogen) atoms. The molecule has 0 unspecified atom stereocenters. The standard InChI is InChI=1S/CH4.BH3.H3N.V/h1H4;2*1H3;. The first-order chi connectivity index (χ1) is 0. The predicted molar refractivity (Wildman–Crippen MR) is 21.7 cm³/mol. The fraction of sp³-hybridized carbons (Fsp3) is 1.00. The summed E-state index contributed by atoms with van der Waals surface area (Å²) in [6.45, 7) is 0. The van der Waals surface area contributed by atoms with E-state index in [1.165, 1.54) is 0 Å². The van der Waals surface area contributed by atoms with Crippen molar-refractivity contribution in [3.63, 3.8) is 0 Å². The van der Waals surface area contributed by atoms with Crippen LogP contribution in [0.1, 0.15) is 7.43 Å². The Labute approximate surface area is 41.2 Å². The van der Waals surface area contributed by atoms with Gasteiger partial charge in [-0.2, -0.15) is 0 Å². The Morgan fingerprint density at radius 2 is 1.00 bits per heavy atom. The molecule has 0 aliphatic rings. The molecule has 3 heteroatoms. The molecule has 0 saturated heterocycles. The van der Waals surface area contributed by atoms with Gasteiger partial charge in [0.05, 0.1) is 8.41 Å². The summed E-state index contributed by atoms with van der Waals surface area (Å²) in [5, 5.41) is 0. The van der Waals surface area contributed by atoms with Crippen LogP contribution < -0.4 is 6.15 Å². The van der Waals surface area contributed by atoms with Crippen molar-refractivity contribution < 1.29 is 18.6 Å². The van der Waals surface area contributed by atoms with Crippen LogP contribution in [0, 0.1) is 0 Å². The van der Waals surface area contributed by atoms with Gasteiger partial charge >= 0.3 is 0 Å². The maximum atomic E-state index is 0. The summed E-state index contributed by atoms with van der Waals surface area (Å²) in [5.74, 6) is 0. The fourth-order valence-corrected chi connectivity index (χ4v) is 0. The minimum atomic E-state index is 0. The summed E-state index contributed by atoms with van der Waals surface area (Å²) < 4.78 is 0. The first-order valence-corrected chi connectivity index (χ1v) is 0. The first-order valence-electron chi connectivity index (χ1n) is 0. The molecule has 0 saturated carbocycles. The minimum absolute atomic E-state index is 0. The molecule has 0 aliphatic heterocycles. The molecular formula is CH10BNV. The molecule has 0 aromatic heterocycles. The van der Waals surface area contributed by atoms with Gasteiger partial charge in [0.25, 0.3) is 0 Å². The normalized spacial score (nSPS) is 0. The zero-order valence-corrected chi connectivity index (χ0v) is 2.55. The molecule has 0 aliphatic carbocycles. The summed E-state index contributed by atoms with van der Waals surface area (Å²) in [6, 6.07) is 0. The largest absolute Gasteiger partial charge is 0.344 e. The van der Waals surface area contributed by atoms with Gasteiger partial charge in [-0.3, -0.25) is 0 Å². The molecule has 3 N–H and O–H groups in total. The first kappa shape index (κ1) is 162. The predicted octanol–water partition coefficient (Wildman–Crippen LogP) is -0.388. The fourth-order valence-electron chi connectivity index (χ4n) is 0. The topological polar surface area (TPSA) is 35.0 Å². The molecule has 27 valence electrons. The molecule has 0 atom stereocenters. The maximum absolute atomic E-state index is 0. The van der Waals surface area contributed by atoms with E-state index in [0.29, 0.717) is 0 Å². The monoisotopic (exact) mass is 98.0 g/mol. The summed E-state index contributed by atoms with van der Waals surface area (Å²) >= 11 is 0. The Balaban J connectivity index is 0. The summed E-state index contributed by atoms with van der Waals surface area (Å²) in [5.41, 5.74) is 0. The summed E-state index contributed by atoms with van der Waals surface area (Å²) in [4.78, 5) is 0. The van der Waals surface area contributed by atoms with Gasteiger partial charge in [0.1, 0.15) is 0 Å². The van der Waals surface area contributed by atoms with Gasteiger partial charge in [0, 0.05) is 18.6 Å². The van der Waals surface area contributed by atoms with E-state index in [1.807, 2.05) is 0 Å². The van der Waals surface area contributed by atoms with Gasteiger partial charge in [-0.1, -0.05) is 7.43 Å². The molecule has 0 amide bonds. The van der Waals surface area contributed by atoms with Crippen LogP contribution in [0.4, 0.5) is 0 Å². The van der Waals surface area contributed by atoms with Gasteiger partial charge in [0.2, 0.25) is 0 Å². The van der Waals surface area contributed by atoms with Crippen LogP contribution >= 0.6 is 0 Å². The number of hydrogen-bond acceptors (Lipinski definition) is 1. The van der Waals surface area contributed by atoms with Crippen LogP contribution in [0.25, 0.3) is 0 Å². The SMILES string of the molecule is B.C.N.[V]. The van der Waals surface area contributed by atoms with Crippen molar-refractivity contribution in [2.24, 2.45) is 0 Å². The number of hydrogen-bond donors (Lipinski definition) is 1. The van der Waals surface area contributed by atoms with Crippen molar-refractivity contribution in [1.29, 1.82) is 0 Å². The van der Waals surface area contributed by atoms with Crippen LogP contribution in [-0.2, 0) is 18.6 Å². The molecular weight excluding hydrogens is 87.8 g/mol. The Morgan fingerprint density at radius 1 is 1.00 bits per heavy atom. The molecule has 1 radical (unpaired) electrons. The van der Waals surface area contributed by atoms with Crippen LogP contribution in [-0.4, -0.2) is 8.41 Å². The zero-order chi connectivity index (χ0) is 0. The average molecular weight is 97.9 g/mol. The number of rotatable bonds is 0. The smallest absolute Gasteiger partial charge is 0.0814 e. The van der Waals surface area contributed by atoms with E-state index in [4.69, 9.17) is 0 Å². The van der Waals surface area contributed by atoms with Crippen molar-refractivity contribution in [2.45, 2.75) is 7.43 Å².